The van der Waals surface area contributed by atoms with E-state index in [2.05, 4.69) is 18.7 Å². The van der Waals surface area contributed by atoms with E-state index in [-0.39, 0.29) is 6.10 Å². The lowest BCUT2D eigenvalue weighted by atomic mass is 9.87. The van der Waals surface area contributed by atoms with E-state index in [0.717, 1.165) is 25.4 Å². The first-order valence-electron chi connectivity index (χ1n) is 7.19. The molecule has 0 amide bonds. The highest BCUT2D eigenvalue weighted by Crippen LogP contribution is 2.28. The summed E-state index contributed by atoms with van der Waals surface area (Å²) in [6, 6.07) is 0.431. The molecule has 1 aliphatic heterocycles. The van der Waals surface area contributed by atoms with Gasteiger partial charge in [0.25, 0.3) is 0 Å². The Labute approximate surface area is 105 Å². The van der Waals surface area contributed by atoms with Crippen LogP contribution in [0.4, 0.5) is 0 Å². The summed E-state index contributed by atoms with van der Waals surface area (Å²) in [6.07, 6.45) is 7.79. The van der Waals surface area contributed by atoms with Crippen LogP contribution in [0.15, 0.2) is 0 Å². The molecule has 2 atom stereocenters. The van der Waals surface area contributed by atoms with E-state index in [9.17, 15) is 0 Å². The van der Waals surface area contributed by atoms with Gasteiger partial charge in [0.1, 0.15) is 0 Å². The first-order chi connectivity index (χ1) is 8.22. The van der Waals surface area contributed by atoms with Crippen LogP contribution in [0.5, 0.6) is 0 Å². The summed E-state index contributed by atoms with van der Waals surface area (Å²) in [5, 5.41) is 8.47. The summed E-state index contributed by atoms with van der Waals surface area (Å²) in [7, 11) is 0. The largest absolute Gasteiger partial charge is 0.375 e. The van der Waals surface area contributed by atoms with Crippen LogP contribution in [0.1, 0.15) is 52.4 Å². The fraction of sp³-hybridized carbons (Fsp3) is 0.929. The minimum absolute atomic E-state index is 0.279. The molecule has 0 aromatic heterocycles. The van der Waals surface area contributed by atoms with Crippen molar-refractivity contribution in [2.24, 2.45) is 5.92 Å². The van der Waals surface area contributed by atoms with Gasteiger partial charge in [-0.15, -0.1) is 0 Å². The number of morpholine rings is 1. The molecule has 1 saturated carbocycles. The third-order valence-corrected chi connectivity index (χ3v) is 4.24. The second-order valence-corrected chi connectivity index (χ2v) is 5.58. The van der Waals surface area contributed by atoms with E-state index in [1.54, 1.807) is 0 Å². The molecule has 2 aliphatic rings. The van der Waals surface area contributed by atoms with E-state index in [1.807, 2.05) is 0 Å². The summed E-state index contributed by atoms with van der Waals surface area (Å²) < 4.78 is 5.71. The molecule has 1 saturated heterocycles. The number of ether oxygens (including phenoxy) is 1. The normalized spacial score (nSPS) is 31.5. The Hall–Kier alpha value is -0.570. The number of nitrogens with zero attached hydrogens (tertiary/aromatic N) is 1. The van der Waals surface area contributed by atoms with E-state index in [1.165, 1.54) is 32.1 Å². The van der Waals surface area contributed by atoms with Gasteiger partial charge in [-0.05, 0) is 26.2 Å². The second-order valence-electron chi connectivity index (χ2n) is 5.58. The van der Waals surface area contributed by atoms with Crippen LogP contribution in [0.3, 0.4) is 0 Å². The van der Waals surface area contributed by atoms with Crippen LogP contribution in [0, 0.1) is 11.3 Å². The zero-order valence-corrected chi connectivity index (χ0v) is 11.2. The molecule has 0 radical (unpaired) electrons. The monoisotopic (exact) mass is 238 g/mol. The molecule has 17 heavy (non-hydrogen) atoms. The molecule has 1 aliphatic carbocycles. The Kier molecular flexibility index (Phi) is 4.43. The van der Waals surface area contributed by atoms with Gasteiger partial charge in [0.2, 0.25) is 0 Å². The molecule has 98 valence electrons. The SMILES string of the molecule is CCC1COC(C)CN1C(=N)C1CCCCC1. The average Bonchev–Trinajstić information content (AvgIpc) is 2.39. The Bertz CT molecular complexity index is 261. The van der Waals surface area contributed by atoms with Gasteiger partial charge in [-0.3, -0.25) is 5.41 Å². The highest BCUT2D eigenvalue weighted by atomic mass is 16.5. The van der Waals surface area contributed by atoms with Crippen LogP contribution in [0.25, 0.3) is 0 Å². The van der Waals surface area contributed by atoms with Crippen molar-refractivity contribution in [3.05, 3.63) is 0 Å². The van der Waals surface area contributed by atoms with Gasteiger partial charge in [0, 0.05) is 12.5 Å². The van der Waals surface area contributed by atoms with Gasteiger partial charge in [-0.25, -0.2) is 0 Å². The molecule has 0 spiro atoms. The summed E-state index contributed by atoms with van der Waals surface area (Å²) in [6.45, 7) is 6.03. The van der Waals surface area contributed by atoms with Gasteiger partial charge in [0.15, 0.2) is 0 Å². The highest BCUT2D eigenvalue weighted by Gasteiger charge is 2.31. The summed E-state index contributed by atoms with van der Waals surface area (Å²) >= 11 is 0. The molecular formula is C14H26N2O. The zero-order chi connectivity index (χ0) is 12.3. The third-order valence-electron chi connectivity index (χ3n) is 4.24. The maximum atomic E-state index is 8.47. The molecule has 1 N–H and O–H groups in total. The standard InChI is InChI=1S/C14H26N2O/c1-3-13-10-17-11(2)9-16(13)14(15)12-7-5-4-6-8-12/h11-13,15H,3-10H2,1-2H3. The van der Waals surface area contributed by atoms with Crippen molar-refractivity contribution in [1.82, 2.24) is 4.90 Å². The molecule has 3 nitrogen and oxygen atoms in total. The van der Waals surface area contributed by atoms with Gasteiger partial charge in [0.05, 0.1) is 24.6 Å². The highest BCUT2D eigenvalue weighted by molar-refractivity contribution is 5.82. The minimum atomic E-state index is 0.279. The summed E-state index contributed by atoms with van der Waals surface area (Å²) in [4.78, 5) is 2.32. The number of amidine groups is 1. The van der Waals surface area contributed by atoms with Crippen LogP contribution in [-0.4, -0.2) is 36.0 Å². The molecule has 3 heteroatoms. The number of hydrogen-bond donors (Lipinski definition) is 1. The summed E-state index contributed by atoms with van der Waals surface area (Å²) in [5.41, 5.74) is 0. The minimum Gasteiger partial charge on any atom is -0.375 e. The summed E-state index contributed by atoms with van der Waals surface area (Å²) in [5.74, 6) is 1.41. The van der Waals surface area contributed by atoms with Crippen LogP contribution in [-0.2, 0) is 4.74 Å². The zero-order valence-electron chi connectivity index (χ0n) is 11.2. The Balaban J connectivity index is 1.99. The first-order valence-corrected chi connectivity index (χ1v) is 7.19. The van der Waals surface area contributed by atoms with Gasteiger partial charge < -0.3 is 9.64 Å². The number of hydrogen-bond acceptors (Lipinski definition) is 2. The third kappa shape index (κ3) is 3.01. The lowest BCUT2D eigenvalue weighted by Gasteiger charge is -2.42. The lowest BCUT2D eigenvalue weighted by molar-refractivity contribution is -0.0308. The molecule has 2 unspecified atom stereocenters. The van der Waals surface area contributed by atoms with Crippen molar-refractivity contribution >= 4 is 5.84 Å². The lowest BCUT2D eigenvalue weighted by Crippen LogP contribution is -2.53. The quantitative estimate of drug-likeness (QED) is 0.593. The van der Waals surface area contributed by atoms with Crippen molar-refractivity contribution in [1.29, 1.82) is 5.41 Å². The average molecular weight is 238 g/mol. The second kappa shape index (κ2) is 5.85. The molecule has 0 aromatic rings. The van der Waals surface area contributed by atoms with Crippen molar-refractivity contribution in [2.45, 2.75) is 64.5 Å². The smallest absolute Gasteiger partial charge is 0.0993 e. The predicted molar refractivity (Wildman–Crippen MR) is 70.5 cm³/mol. The number of nitrogens with one attached hydrogen (secondary N) is 1. The van der Waals surface area contributed by atoms with Crippen LogP contribution in [0.2, 0.25) is 0 Å². The van der Waals surface area contributed by atoms with Crippen molar-refractivity contribution in [3.8, 4) is 0 Å². The fourth-order valence-electron chi connectivity index (χ4n) is 3.09. The Morgan fingerprint density at radius 3 is 2.65 bits per heavy atom. The van der Waals surface area contributed by atoms with Crippen molar-refractivity contribution in [3.63, 3.8) is 0 Å². The maximum absolute atomic E-state index is 8.47. The molecule has 0 aromatic carbocycles. The van der Waals surface area contributed by atoms with Crippen molar-refractivity contribution in [2.75, 3.05) is 13.2 Å². The molecule has 2 rings (SSSR count). The number of rotatable bonds is 2. The fourth-order valence-corrected chi connectivity index (χ4v) is 3.09. The van der Waals surface area contributed by atoms with Crippen LogP contribution < -0.4 is 0 Å². The van der Waals surface area contributed by atoms with E-state index in [0.29, 0.717) is 12.0 Å². The van der Waals surface area contributed by atoms with Gasteiger partial charge in [-0.2, -0.15) is 0 Å². The first kappa shape index (κ1) is 12.9. The molecule has 2 fully saturated rings. The molecule has 1 heterocycles. The Morgan fingerprint density at radius 1 is 1.29 bits per heavy atom. The Morgan fingerprint density at radius 2 is 2.00 bits per heavy atom. The van der Waals surface area contributed by atoms with Gasteiger partial charge in [-0.1, -0.05) is 26.2 Å². The molecular weight excluding hydrogens is 212 g/mol. The van der Waals surface area contributed by atoms with E-state index >= 15 is 0 Å². The molecule has 0 bridgehead atoms. The van der Waals surface area contributed by atoms with E-state index in [4.69, 9.17) is 10.1 Å². The van der Waals surface area contributed by atoms with Gasteiger partial charge >= 0.3 is 0 Å². The van der Waals surface area contributed by atoms with Crippen molar-refractivity contribution < 1.29 is 4.74 Å². The van der Waals surface area contributed by atoms with Crippen LogP contribution >= 0.6 is 0 Å². The topological polar surface area (TPSA) is 36.3 Å². The maximum Gasteiger partial charge on any atom is 0.0993 e. The predicted octanol–water partition coefficient (Wildman–Crippen LogP) is 3.04. The van der Waals surface area contributed by atoms with E-state index < -0.39 is 0 Å².